The number of rotatable bonds is 0. The Kier molecular flexibility index (Phi) is 2.03. The Balaban J connectivity index is 2.60. The zero-order chi connectivity index (χ0) is 12.0. The van der Waals surface area contributed by atoms with E-state index in [9.17, 15) is 0 Å². The van der Waals surface area contributed by atoms with E-state index >= 15 is 0 Å². The van der Waals surface area contributed by atoms with Crippen LogP contribution in [0, 0.1) is 11.3 Å². The van der Waals surface area contributed by atoms with Crippen molar-refractivity contribution in [2.45, 2.75) is 0 Å². The van der Waals surface area contributed by atoms with E-state index in [2.05, 4.69) is 25.9 Å². The molecule has 0 spiro atoms. The van der Waals surface area contributed by atoms with Gasteiger partial charge in [-0.15, -0.1) is 0 Å². The normalized spacial score (nSPS) is 10.8. The number of nitrogens with two attached hydrogens (primary N) is 1. The highest BCUT2D eigenvalue weighted by Gasteiger charge is 2.11. The highest BCUT2D eigenvalue weighted by molar-refractivity contribution is 9.10. The molecule has 3 aromatic rings. The molecule has 2 heterocycles. The van der Waals surface area contributed by atoms with Gasteiger partial charge in [-0.25, -0.2) is 9.97 Å². The van der Waals surface area contributed by atoms with E-state index in [1.54, 1.807) is 10.6 Å². The lowest BCUT2D eigenvalue weighted by atomic mass is 10.2. The number of hydrogen-bond donors (Lipinski definition) is 1. The largest absolute Gasteiger partial charge is 0.369 e. The van der Waals surface area contributed by atoms with E-state index in [4.69, 9.17) is 11.0 Å². The lowest BCUT2D eigenvalue weighted by molar-refractivity contribution is 1.14. The molecule has 2 aromatic heterocycles. The van der Waals surface area contributed by atoms with Gasteiger partial charge in [-0.3, -0.25) is 4.40 Å². The average molecular weight is 288 g/mol. The molecule has 0 aliphatic carbocycles. The van der Waals surface area contributed by atoms with Crippen LogP contribution in [-0.4, -0.2) is 14.4 Å². The van der Waals surface area contributed by atoms with Crippen molar-refractivity contribution in [2.75, 3.05) is 5.73 Å². The fraction of sp³-hybridized carbons (Fsp3) is 0. The van der Waals surface area contributed by atoms with E-state index in [0.717, 1.165) is 15.4 Å². The number of halogens is 1. The monoisotopic (exact) mass is 287 g/mol. The average Bonchev–Trinajstić information content (AvgIpc) is 2.76. The second-order valence-corrected chi connectivity index (χ2v) is 4.39. The summed E-state index contributed by atoms with van der Waals surface area (Å²) < 4.78 is 2.47. The van der Waals surface area contributed by atoms with E-state index in [1.165, 1.54) is 0 Å². The zero-order valence-electron chi connectivity index (χ0n) is 8.55. The van der Waals surface area contributed by atoms with Gasteiger partial charge >= 0.3 is 0 Å². The molecule has 0 aliphatic heterocycles. The first-order valence-corrected chi connectivity index (χ1v) is 5.63. The van der Waals surface area contributed by atoms with Crippen LogP contribution in [0.4, 0.5) is 5.95 Å². The third kappa shape index (κ3) is 1.36. The van der Waals surface area contributed by atoms with Crippen molar-refractivity contribution in [1.82, 2.24) is 14.4 Å². The molecule has 0 aliphatic rings. The molecule has 0 saturated carbocycles. The van der Waals surface area contributed by atoms with E-state index in [0.29, 0.717) is 17.3 Å². The number of nitrogens with zero attached hydrogens (tertiary/aromatic N) is 4. The maximum atomic E-state index is 8.86. The summed E-state index contributed by atoms with van der Waals surface area (Å²) in [6.07, 6.45) is 1.58. The minimum Gasteiger partial charge on any atom is -0.369 e. The van der Waals surface area contributed by atoms with Crippen molar-refractivity contribution in [1.29, 1.82) is 5.26 Å². The van der Waals surface area contributed by atoms with E-state index in [-0.39, 0.29) is 0 Å². The molecule has 5 nitrogen and oxygen atoms in total. The lowest BCUT2D eigenvalue weighted by Gasteiger charge is -2.04. The summed E-state index contributed by atoms with van der Waals surface area (Å²) in [7, 11) is 0. The first-order valence-electron chi connectivity index (χ1n) is 4.83. The molecule has 0 bridgehead atoms. The summed E-state index contributed by atoms with van der Waals surface area (Å²) in [6, 6.07) is 7.68. The fourth-order valence-corrected chi connectivity index (χ4v) is 2.23. The van der Waals surface area contributed by atoms with Crippen LogP contribution in [0.25, 0.3) is 16.6 Å². The summed E-state index contributed by atoms with van der Waals surface area (Å²) in [4.78, 5) is 8.52. The van der Waals surface area contributed by atoms with Gasteiger partial charge < -0.3 is 5.73 Å². The van der Waals surface area contributed by atoms with Crippen molar-refractivity contribution < 1.29 is 0 Å². The summed E-state index contributed by atoms with van der Waals surface area (Å²) in [5.41, 5.74) is 7.55. The van der Waals surface area contributed by atoms with Gasteiger partial charge in [0.2, 0.25) is 5.95 Å². The molecule has 3 rings (SSSR count). The molecule has 0 radical (unpaired) electrons. The third-order valence-corrected chi connectivity index (χ3v) is 3.16. The molecule has 1 aromatic carbocycles. The smallest absolute Gasteiger partial charge is 0.206 e. The molecule has 17 heavy (non-hydrogen) atoms. The SMILES string of the molecule is N#Cc1cn2c(N)nc3c(Br)cccc3c2n1. The maximum absolute atomic E-state index is 8.86. The maximum Gasteiger partial charge on any atom is 0.206 e. The number of nitriles is 1. The van der Waals surface area contributed by atoms with Gasteiger partial charge in [-0.2, -0.15) is 5.26 Å². The number of anilines is 1. The quantitative estimate of drug-likeness (QED) is 0.687. The molecule has 82 valence electrons. The van der Waals surface area contributed by atoms with Crippen molar-refractivity contribution in [2.24, 2.45) is 0 Å². The highest BCUT2D eigenvalue weighted by atomic mass is 79.9. The van der Waals surface area contributed by atoms with Gasteiger partial charge in [0.25, 0.3) is 0 Å². The topological polar surface area (TPSA) is 80.0 Å². The molecule has 0 fully saturated rings. The van der Waals surface area contributed by atoms with Gasteiger partial charge in [0.1, 0.15) is 6.07 Å². The van der Waals surface area contributed by atoms with Crippen molar-refractivity contribution in [3.05, 3.63) is 34.6 Å². The van der Waals surface area contributed by atoms with E-state index < -0.39 is 0 Å². The fourth-order valence-electron chi connectivity index (χ4n) is 1.78. The van der Waals surface area contributed by atoms with Crippen LogP contribution < -0.4 is 5.73 Å². The second kappa shape index (κ2) is 3.43. The highest BCUT2D eigenvalue weighted by Crippen LogP contribution is 2.26. The second-order valence-electron chi connectivity index (χ2n) is 3.54. The minimum absolute atomic E-state index is 0.313. The standard InChI is InChI=1S/C11H6BrN5/c12-8-3-1-2-7-9(8)16-11(14)17-5-6(4-13)15-10(7)17/h1-3,5H,(H2,14,16). The number of imidazole rings is 1. The van der Waals surface area contributed by atoms with Crippen molar-refractivity contribution in [3.63, 3.8) is 0 Å². The van der Waals surface area contributed by atoms with Crippen LogP contribution in [0.3, 0.4) is 0 Å². The Bertz CT molecular complexity index is 784. The number of benzene rings is 1. The van der Waals surface area contributed by atoms with Gasteiger partial charge in [-0.05, 0) is 28.1 Å². The molecule has 0 amide bonds. The molecular formula is C11H6BrN5. The van der Waals surface area contributed by atoms with Gasteiger partial charge in [0.15, 0.2) is 11.3 Å². The Labute approximate surface area is 105 Å². The van der Waals surface area contributed by atoms with Gasteiger partial charge in [0, 0.05) is 9.86 Å². The van der Waals surface area contributed by atoms with Gasteiger partial charge in [-0.1, -0.05) is 6.07 Å². The predicted octanol–water partition coefficient (Wildman–Crippen LogP) is 2.10. The lowest BCUT2D eigenvalue weighted by Crippen LogP contribution is -2.00. The number of nitrogen functional groups attached to an aromatic ring is 1. The molecule has 0 unspecified atom stereocenters. The van der Waals surface area contributed by atoms with Gasteiger partial charge in [0.05, 0.1) is 11.7 Å². The van der Waals surface area contributed by atoms with Crippen LogP contribution in [0.2, 0.25) is 0 Å². The summed E-state index contributed by atoms with van der Waals surface area (Å²) in [5.74, 6) is 0.313. The van der Waals surface area contributed by atoms with Crippen LogP contribution in [0.1, 0.15) is 5.69 Å². The van der Waals surface area contributed by atoms with Crippen LogP contribution in [-0.2, 0) is 0 Å². The Morgan fingerprint density at radius 2 is 2.18 bits per heavy atom. The first kappa shape index (κ1) is 10.1. The Morgan fingerprint density at radius 1 is 1.35 bits per heavy atom. The molecular weight excluding hydrogens is 282 g/mol. The summed E-state index contributed by atoms with van der Waals surface area (Å²) in [6.45, 7) is 0. The van der Waals surface area contributed by atoms with Crippen LogP contribution in [0.5, 0.6) is 0 Å². The summed E-state index contributed by atoms with van der Waals surface area (Å²) in [5, 5.41) is 9.72. The first-order chi connectivity index (χ1) is 8.20. The molecule has 0 atom stereocenters. The zero-order valence-corrected chi connectivity index (χ0v) is 10.1. The predicted molar refractivity (Wildman–Crippen MR) is 67.3 cm³/mol. The van der Waals surface area contributed by atoms with E-state index in [1.807, 2.05) is 24.3 Å². The number of fused-ring (bicyclic) bond motifs is 3. The number of hydrogen-bond acceptors (Lipinski definition) is 4. The number of aromatic nitrogens is 3. The van der Waals surface area contributed by atoms with Crippen molar-refractivity contribution >= 4 is 38.4 Å². The third-order valence-electron chi connectivity index (χ3n) is 2.52. The Hall–Kier alpha value is -2.13. The van der Waals surface area contributed by atoms with Crippen LogP contribution in [0.15, 0.2) is 28.9 Å². The number of para-hydroxylation sites is 1. The molecule has 2 N–H and O–H groups in total. The van der Waals surface area contributed by atoms with Crippen molar-refractivity contribution in [3.8, 4) is 6.07 Å². The van der Waals surface area contributed by atoms with Crippen LogP contribution >= 0.6 is 15.9 Å². The minimum atomic E-state index is 0.313. The Morgan fingerprint density at radius 3 is 2.94 bits per heavy atom. The molecule has 6 heteroatoms. The summed E-state index contributed by atoms with van der Waals surface area (Å²) >= 11 is 3.42. The molecule has 0 saturated heterocycles.